The van der Waals surface area contributed by atoms with Crippen molar-refractivity contribution in [2.24, 2.45) is 5.92 Å². The summed E-state index contributed by atoms with van der Waals surface area (Å²) in [5.41, 5.74) is 0. The fourth-order valence-corrected chi connectivity index (χ4v) is 2.03. The van der Waals surface area contributed by atoms with Crippen LogP contribution < -0.4 is 0 Å². The summed E-state index contributed by atoms with van der Waals surface area (Å²) in [5, 5.41) is 8.32. The Morgan fingerprint density at radius 2 is 2.58 bits per heavy atom. The van der Waals surface area contributed by atoms with E-state index in [9.17, 15) is 4.79 Å². The van der Waals surface area contributed by atoms with E-state index in [0.29, 0.717) is 5.92 Å². The minimum Gasteiger partial charge on any atom is -0.480 e. The molecule has 0 aromatic heterocycles. The molecule has 3 nitrogen and oxygen atoms in total. The van der Waals surface area contributed by atoms with Crippen LogP contribution in [0.3, 0.4) is 0 Å². The Hall–Kier alpha value is -0.220. The van der Waals surface area contributed by atoms with Gasteiger partial charge in [-0.15, -0.1) is 11.8 Å². The lowest BCUT2D eigenvalue weighted by Gasteiger charge is -2.09. The van der Waals surface area contributed by atoms with E-state index in [0.717, 1.165) is 25.4 Å². The van der Waals surface area contributed by atoms with Crippen molar-refractivity contribution < 1.29 is 14.6 Å². The molecule has 4 heteroatoms. The fourth-order valence-electron chi connectivity index (χ4n) is 1.07. The number of carbonyl (C=O) groups is 1. The van der Waals surface area contributed by atoms with Crippen molar-refractivity contribution in [3.63, 3.8) is 0 Å². The third kappa shape index (κ3) is 3.03. The van der Waals surface area contributed by atoms with Crippen LogP contribution in [0, 0.1) is 5.92 Å². The molecule has 0 aromatic rings. The second-order valence-corrected chi connectivity index (χ2v) is 4.42. The number of carboxylic acid groups (broad SMARTS) is 1. The summed E-state index contributed by atoms with van der Waals surface area (Å²) < 4.78 is 5.19. The third-order valence-electron chi connectivity index (χ3n) is 1.95. The second kappa shape index (κ2) is 4.72. The first-order chi connectivity index (χ1) is 5.70. The average molecular weight is 190 g/mol. The predicted octanol–water partition coefficient (Wildman–Crippen LogP) is 1.23. The third-order valence-corrected chi connectivity index (χ3v) is 3.32. The van der Waals surface area contributed by atoms with Crippen LogP contribution in [0.5, 0.6) is 0 Å². The molecule has 1 fully saturated rings. The molecule has 0 amide bonds. The molecule has 0 radical (unpaired) electrons. The van der Waals surface area contributed by atoms with Crippen molar-refractivity contribution in [2.45, 2.75) is 18.6 Å². The first-order valence-corrected chi connectivity index (χ1v) is 5.17. The standard InChI is InChI=1S/C8H14O3S/c1-6(8(9)10)12-5-7-2-3-11-4-7/h6-7H,2-5H2,1H3,(H,9,10). The predicted molar refractivity (Wildman–Crippen MR) is 48.5 cm³/mol. The van der Waals surface area contributed by atoms with Crippen molar-refractivity contribution in [1.29, 1.82) is 0 Å². The highest BCUT2D eigenvalue weighted by molar-refractivity contribution is 8.00. The Morgan fingerprint density at radius 1 is 1.83 bits per heavy atom. The van der Waals surface area contributed by atoms with Gasteiger partial charge >= 0.3 is 5.97 Å². The van der Waals surface area contributed by atoms with Crippen LogP contribution in [0.15, 0.2) is 0 Å². The molecular weight excluding hydrogens is 176 g/mol. The monoisotopic (exact) mass is 190 g/mol. The molecule has 70 valence electrons. The van der Waals surface area contributed by atoms with Gasteiger partial charge in [-0.3, -0.25) is 4.79 Å². The molecule has 1 aliphatic heterocycles. The van der Waals surface area contributed by atoms with Crippen molar-refractivity contribution in [1.82, 2.24) is 0 Å². The number of hydrogen-bond acceptors (Lipinski definition) is 3. The number of aliphatic carboxylic acids is 1. The molecule has 1 N–H and O–H groups in total. The van der Waals surface area contributed by atoms with Gasteiger partial charge in [0.25, 0.3) is 0 Å². The molecule has 0 spiro atoms. The number of hydrogen-bond donors (Lipinski definition) is 1. The SMILES string of the molecule is CC(SCC1CCOC1)C(=O)O. The van der Waals surface area contributed by atoms with Crippen LogP contribution in [-0.4, -0.2) is 35.3 Å². The van der Waals surface area contributed by atoms with Gasteiger partial charge in [0.05, 0.1) is 11.9 Å². The zero-order valence-corrected chi connectivity index (χ0v) is 7.97. The van der Waals surface area contributed by atoms with Gasteiger partial charge in [0.1, 0.15) is 0 Å². The van der Waals surface area contributed by atoms with Crippen LogP contribution >= 0.6 is 11.8 Å². The van der Waals surface area contributed by atoms with E-state index in [-0.39, 0.29) is 5.25 Å². The maximum atomic E-state index is 10.5. The maximum absolute atomic E-state index is 10.5. The van der Waals surface area contributed by atoms with Gasteiger partial charge in [-0.05, 0) is 25.0 Å². The summed E-state index contributed by atoms with van der Waals surface area (Å²) in [6, 6.07) is 0. The number of rotatable bonds is 4. The van der Waals surface area contributed by atoms with Gasteiger partial charge in [-0.1, -0.05) is 0 Å². The molecule has 1 aliphatic rings. The minimum absolute atomic E-state index is 0.286. The van der Waals surface area contributed by atoms with E-state index in [2.05, 4.69) is 0 Å². The maximum Gasteiger partial charge on any atom is 0.316 e. The molecule has 0 aliphatic carbocycles. The van der Waals surface area contributed by atoms with Crippen molar-refractivity contribution >= 4 is 17.7 Å². The molecule has 0 bridgehead atoms. The van der Waals surface area contributed by atoms with Gasteiger partial charge in [-0.2, -0.15) is 0 Å². The van der Waals surface area contributed by atoms with Crippen molar-refractivity contribution in [3.05, 3.63) is 0 Å². The van der Waals surface area contributed by atoms with Gasteiger partial charge in [-0.25, -0.2) is 0 Å². The zero-order valence-electron chi connectivity index (χ0n) is 7.16. The Labute approximate surface area is 76.5 Å². The Balaban J connectivity index is 2.11. The van der Waals surface area contributed by atoms with Gasteiger partial charge in [0.15, 0.2) is 0 Å². The molecular formula is C8H14O3S. The smallest absolute Gasteiger partial charge is 0.316 e. The lowest BCUT2D eigenvalue weighted by atomic mass is 10.2. The highest BCUT2D eigenvalue weighted by Gasteiger charge is 2.18. The van der Waals surface area contributed by atoms with E-state index in [1.807, 2.05) is 0 Å². The Morgan fingerprint density at radius 3 is 3.08 bits per heavy atom. The van der Waals surface area contributed by atoms with E-state index in [1.165, 1.54) is 11.8 Å². The van der Waals surface area contributed by atoms with Crippen LogP contribution in [0.4, 0.5) is 0 Å². The summed E-state index contributed by atoms with van der Waals surface area (Å²) in [6.45, 7) is 3.37. The van der Waals surface area contributed by atoms with Gasteiger partial charge < -0.3 is 9.84 Å². The lowest BCUT2D eigenvalue weighted by Crippen LogP contribution is -2.14. The molecule has 12 heavy (non-hydrogen) atoms. The average Bonchev–Trinajstić information content (AvgIpc) is 2.51. The lowest BCUT2D eigenvalue weighted by molar-refractivity contribution is -0.136. The van der Waals surface area contributed by atoms with E-state index in [4.69, 9.17) is 9.84 Å². The summed E-state index contributed by atoms with van der Waals surface area (Å²) in [7, 11) is 0. The van der Waals surface area contributed by atoms with E-state index < -0.39 is 5.97 Å². The summed E-state index contributed by atoms with van der Waals surface area (Å²) >= 11 is 1.50. The Kier molecular flexibility index (Phi) is 3.88. The quantitative estimate of drug-likeness (QED) is 0.724. The molecule has 0 aromatic carbocycles. The summed E-state index contributed by atoms with van der Waals surface area (Å²) in [4.78, 5) is 10.5. The number of carboxylic acids is 1. The first kappa shape index (κ1) is 9.86. The van der Waals surface area contributed by atoms with E-state index in [1.54, 1.807) is 6.92 Å². The highest BCUT2D eigenvalue weighted by Crippen LogP contribution is 2.21. The topological polar surface area (TPSA) is 46.5 Å². The molecule has 2 unspecified atom stereocenters. The van der Waals surface area contributed by atoms with Crippen LogP contribution in [0.1, 0.15) is 13.3 Å². The molecule has 1 heterocycles. The number of thioether (sulfide) groups is 1. The van der Waals surface area contributed by atoms with Crippen LogP contribution in [0.25, 0.3) is 0 Å². The zero-order chi connectivity index (χ0) is 8.97. The van der Waals surface area contributed by atoms with Gasteiger partial charge in [0, 0.05) is 6.61 Å². The summed E-state index contributed by atoms with van der Waals surface area (Å²) in [6.07, 6.45) is 1.08. The molecule has 1 saturated heterocycles. The fraction of sp³-hybridized carbons (Fsp3) is 0.875. The Bertz CT molecular complexity index is 154. The largest absolute Gasteiger partial charge is 0.480 e. The van der Waals surface area contributed by atoms with E-state index >= 15 is 0 Å². The second-order valence-electron chi connectivity index (χ2n) is 3.04. The summed E-state index contributed by atoms with van der Waals surface area (Å²) in [5.74, 6) is 0.753. The molecule has 2 atom stereocenters. The van der Waals surface area contributed by atoms with Crippen LogP contribution in [-0.2, 0) is 9.53 Å². The normalized spacial score (nSPS) is 25.6. The van der Waals surface area contributed by atoms with Crippen molar-refractivity contribution in [2.75, 3.05) is 19.0 Å². The highest BCUT2D eigenvalue weighted by atomic mass is 32.2. The number of ether oxygens (including phenoxy) is 1. The van der Waals surface area contributed by atoms with Crippen molar-refractivity contribution in [3.8, 4) is 0 Å². The van der Waals surface area contributed by atoms with Crippen LogP contribution in [0.2, 0.25) is 0 Å². The first-order valence-electron chi connectivity index (χ1n) is 4.12. The molecule has 1 rings (SSSR count). The minimum atomic E-state index is -0.723. The molecule has 0 saturated carbocycles. The van der Waals surface area contributed by atoms with Gasteiger partial charge in [0.2, 0.25) is 0 Å².